The molecule has 184 valence electrons. The summed E-state index contributed by atoms with van der Waals surface area (Å²) in [6.07, 6.45) is 13.9. The summed E-state index contributed by atoms with van der Waals surface area (Å²) in [6, 6.07) is 0. The van der Waals surface area contributed by atoms with Crippen LogP contribution in [-0.2, 0) is 11.3 Å². The molecule has 6 aromatic rings. The Kier molecular flexibility index (Phi) is 4.06. The highest BCUT2D eigenvalue weighted by atomic mass is 19.3. The summed E-state index contributed by atoms with van der Waals surface area (Å²) in [4.78, 5) is 23.8. The van der Waals surface area contributed by atoms with Gasteiger partial charge in [0, 0.05) is 0 Å². The molecule has 0 aromatic carbocycles. The van der Waals surface area contributed by atoms with E-state index >= 15 is 8.78 Å². The van der Waals surface area contributed by atoms with E-state index < -0.39 is 17.2 Å². The molecule has 0 saturated heterocycles. The minimum absolute atomic E-state index is 0.192. The van der Waals surface area contributed by atoms with Crippen molar-refractivity contribution in [2.45, 2.75) is 17.2 Å². The average molecular weight is 506 g/mol. The number of aromatic nitrogens is 18. The van der Waals surface area contributed by atoms with Gasteiger partial charge in [-0.1, -0.05) is 0 Å². The number of halogens is 2. The van der Waals surface area contributed by atoms with Crippen LogP contribution >= 0.6 is 0 Å². The van der Waals surface area contributed by atoms with Gasteiger partial charge >= 0.3 is 5.92 Å². The number of rotatable bonds is 6. The fraction of sp³-hybridized carbons (Fsp3) is 0.176. The van der Waals surface area contributed by atoms with Gasteiger partial charge in [0.1, 0.15) is 87.3 Å². The van der Waals surface area contributed by atoms with E-state index in [1.165, 1.54) is 25.3 Å². The zero-order chi connectivity index (χ0) is 25.1. The third-order valence-corrected chi connectivity index (χ3v) is 6.06. The Hall–Kier alpha value is -5.56. The SMILES string of the molecule is FC1(F)C(n2cncn2)(n2cncn2)C(n2cncn2)=C(n2cncn2)C1(n1cncn1)n1cncn1. The molecule has 6 heterocycles. The molecule has 0 amide bonds. The van der Waals surface area contributed by atoms with Crippen molar-refractivity contribution in [3.05, 3.63) is 75.9 Å². The second-order valence-electron chi connectivity index (χ2n) is 7.66. The lowest BCUT2D eigenvalue weighted by Crippen LogP contribution is -2.66. The van der Waals surface area contributed by atoms with Gasteiger partial charge in [-0.2, -0.15) is 39.4 Å². The fourth-order valence-electron chi connectivity index (χ4n) is 4.78. The molecule has 0 aliphatic heterocycles. The molecule has 7 rings (SSSR count). The molecule has 0 radical (unpaired) electrons. The first-order chi connectivity index (χ1) is 18.1. The topological polar surface area (TPSA) is 184 Å². The third-order valence-electron chi connectivity index (χ3n) is 6.06. The molecule has 1 aliphatic carbocycles. The highest BCUT2D eigenvalue weighted by Gasteiger charge is 2.83. The second-order valence-corrected chi connectivity index (χ2v) is 7.66. The lowest BCUT2D eigenvalue weighted by atomic mass is 9.95. The first kappa shape index (κ1) is 20.8. The maximum atomic E-state index is 18.0. The normalized spacial score (nSPS) is 18.0. The van der Waals surface area contributed by atoms with Gasteiger partial charge in [0.25, 0.3) is 11.3 Å². The molecule has 0 unspecified atom stereocenters. The lowest BCUT2D eigenvalue weighted by Gasteiger charge is -2.42. The maximum Gasteiger partial charge on any atom is 0.348 e. The van der Waals surface area contributed by atoms with Gasteiger partial charge in [-0.25, -0.2) is 58.0 Å². The minimum Gasteiger partial charge on any atom is -0.223 e. The van der Waals surface area contributed by atoms with Gasteiger partial charge in [0.05, 0.1) is 0 Å². The third kappa shape index (κ3) is 2.35. The molecule has 0 atom stereocenters. The van der Waals surface area contributed by atoms with Crippen molar-refractivity contribution in [2.75, 3.05) is 0 Å². The van der Waals surface area contributed by atoms with Crippen LogP contribution in [0.1, 0.15) is 0 Å². The zero-order valence-corrected chi connectivity index (χ0v) is 18.2. The van der Waals surface area contributed by atoms with Crippen LogP contribution in [-0.4, -0.2) is 94.5 Å². The Balaban J connectivity index is 1.78. The highest BCUT2D eigenvalue weighted by molar-refractivity contribution is 5.86. The number of hydrogen-bond donors (Lipinski definition) is 0. The Morgan fingerprint density at radius 3 is 0.973 bits per heavy atom. The van der Waals surface area contributed by atoms with Crippen LogP contribution in [0.2, 0.25) is 0 Å². The number of hydrogen-bond acceptors (Lipinski definition) is 12. The number of alkyl halides is 2. The van der Waals surface area contributed by atoms with Crippen LogP contribution in [0.5, 0.6) is 0 Å². The summed E-state index contributed by atoms with van der Waals surface area (Å²) in [5.41, 5.74) is -5.65. The molecule has 1 aliphatic rings. The molecule has 0 fully saturated rings. The predicted octanol–water partition coefficient (Wildman–Crippen LogP) is -1.49. The molecule has 18 nitrogen and oxygen atoms in total. The summed E-state index contributed by atoms with van der Waals surface area (Å²) in [5, 5.41) is 24.9. The first-order valence-corrected chi connectivity index (χ1v) is 10.4. The van der Waals surface area contributed by atoms with Crippen molar-refractivity contribution in [1.82, 2.24) is 88.6 Å². The van der Waals surface area contributed by atoms with Crippen LogP contribution < -0.4 is 0 Å². The predicted molar refractivity (Wildman–Crippen MR) is 111 cm³/mol. The molecular weight excluding hydrogens is 494 g/mol. The average Bonchev–Trinajstić information content (AvgIpc) is 3.77. The zero-order valence-electron chi connectivity index (χ0n) is 18.2. The van der Waals surface area contributed by atoms with Gasteiger partial charge in [0.2, 0.25) is 0 Å². The smallest absolute Gasteiger partial charge is 0.223 e. The van der Waals surface area contributed by atoms with Crippen LogP contribution in [0.25, 0.3) is 11.4 Å². The fourth-order valence-corrected chi connectivity index (χ4v) is 4.78. The highest BCUT2D eigenvalue weighted by Crippen LogP contribution is 2.63. The molecule has 6 aromatic heterocycles. The van der Waals surface area contributed by atoms with E-state index in [0.29, 0.717) is 0 Å². The summed E-state index contributed by atoms with van der Waals surface area (Å²) < 4.78 is 42.1. The summed E-state index contributed by atoms with van der Waals surface area (Å²) >= 11 is 0. The van der Waals surface area contributed by atoms with E-state index in [1.54, 1.807) is 0 Å². The Morgan fingerprint density at radius 1 is 0.432 bits per heavy atom. The molecule has 37 heavy (non-hydrogen) atoms. The lowest BCUT2D eigenvalue weighted by molar-refractivity contribution is -0.177. The van der Waals surface area contributed by atoms with Gasteiger partial charge < -0.3 is 0 Å². The Morgan fingerprint density at radius 2 is 0.730 bits per heavy atom. The quantitative estimate of drug-likeness (QED) is 0.255. The van der Waals surface area contributed by atoms with Crippen LogP contribution in [0, 0.1) is 0 Å². The van der Waals surface area contributed by atoms with E-state index in [2.05, 4.69) is 60.5 Å². The summed E-state index contributed by atoms with van der Waals surface area (Å²) in [5.74, 6) is -4.01. The van der Waals surface area contributed by atoms with Gasteiger partial charge in [-0.05, 0) is 0 Å². The van der Waals surface area contributed by atoms with Gasteiger partial charge in [-0.3, -0.25) is 0 Å². The van der Waals surface area contributed by atoms with Crippen LogP contribution in [0.15, 0.2) is 75.9 Å². The van der Waals surface area contributed by atoms with Gasteiger partial charge in [-0.15, -0.1) is 0 Å². The minimum atomic E-state index is -4.01. The second kappa shape index (κ2) is 7.22. The molecule has 0 N–H and O–H groups in total. The Bertz CT molecular complexity index is 1440. The van der Waals surface area contributed by atoms with Crippen molar-refractivity contribution < 1.29 is 8.78 Å². The van der Waals surface area contributed by atoms with Crippen molar-refractivity contribution in [3.8, 4) is 0 Å². The molecule has 0 saturated carbocycles. The van der Waals surface area contributed by atoms with E-state index in [-0.39, 0.29) is 11.4 Å². The largest absolute Gasteiger partial charge is 0.348 e. The maximum absolute atomic E-state index is 18.0. The van der Waals surface area contributed by atoms with E-state index in [1.807, 2.05) is 0 Å². The van der Waals surface area contributed by atoms with Crippen molar-refractivity contribution in [3.63, 3.8) is 0 Å². The molecule has 0 bridgehead atoms. The summed E-state index contributed by atoms with van der Waals surface area (Å²) in [6.45, 7) is 0. The molecular formula is C17H12F2N18. The van der Waals surface area contributed by atoms with Crippen molar-refractivity contribution >= 4 is 11.4 Å². The summed E-state index contributed by atoms with van der Waals surface area (Å²) in [7, 11) is 0. The monoisotopic (exact) mass is 506 g/mol. The van der Waals surface area contributed by atoms with E-state index in [4.69, 9.17) is 0 Å². The van der Waals surface area contributed by atoms with Crippen molar-refractivity contribution in [2.24, 2.45) is 0 Å². The van der Waals surface area contributed by atoms with Crippen LogP contribution in [0.3, 0.4) is 0 Å². The molecule has 0 spiro atoms. The number of allylic oxidation sites excluding steroid dienone is 2. The molecule has 20 heteroatoms. The Labute approximate surface area is 202 Å². The van der Waals surface area contributed by atoms with Crippen LogP contribution in [0.4, 0.5) is 8.78 Å². The van der Waals surface area contributed by atoms with Crippen molar-refractivity contribution in [1.29, 1.82) is 0 Å². The first-order valence-electron chi connectivity index (χ1n) is 10.4. The standard InChI is InChI=1S/C17H12F2N18/c18-17(19)15(34-9-22-3-28-34,35-10-23-4-29-35)13(32-7-20-1-26-32)14(33-8-21-2-27-33)16(17,36-11-24-5-30-36)37-12-25-6-31-37/h1-12H. The van der Waals surface area contributed by atoms with E-state index in [0.717, 1.165) is 78.7 Å². The number of nitrogens with zero attached hydrogens (tertiary/aromatic N) is 18. The van der Waals surface area contributed by atoms with E-state index in [9.17, 15) is 0 Å². The van der Waals surface area contributed by atoms with Gasteiger partial charge in [0.15, 0.2) is 0 Å².